The number of fused-ring (bicyclic) bond motifs is 1. The minimum atomic E-state index is 0.104. The molecular formula is C18H18N2O2S. The zero-order valence-corrected chi connectivity index (χ0v) is 13.8. The van der Waals surface area contributed by atoms with Crippen molar-refractivity contribution in [1.82, 2.24) is 9.88 Å². The molecule has 3 aromatic rings. The lowest BCUT2D eigenvalue weighted by atomic mass is 9.98. The second kappa shape index (κ2) is 5.81. The third-order valence-electron chi connectivity index (χ3n) is 4.40. The lowest BCUT2D eigenvalue weighted by Crippen LogP contribution is -2.39. The van der Waals surface area contributed by atoms with Gasteiger partial charge in [0.15, 0.2) is 0 Å². The first-order chi connectivity index (χ1) is 11.2. The van der Waals surface area contributed by atoms with Gasteiger partial charge in [-0.05, 0) is 44.0 Å². The number of carbonyl (C=O) groups is 1. The molecule has 23 heavy (non-hydrogen) atoms. The summed E-state index contributed by atoms with van der Waals surface area (Å²) in [5, 5.41) is 4.14. The van der Waals surface area contributed by atoms with E-state index in [1.807, 2.05) is 47.7 Å². The van der Waals surface area contributed by atoms with Gasteiger partial charge < -0.3 is 9.32 Å². The van der Waals surface area contributed by atoms with Gasteiger partial charge in [-0.2, -0.15) is 0 Å². The van der Waals surface area contributed by atoms with Crippen molar-refractivity contribution >= 4 is 28.2 Å². The number of likely N-dealkylation sites (tertiary alicyclic amines) is 1. The van der Waals surface area contributed by atoms with Crippen LogP contribution in [0.25, 0.3) is 11.0 Å². The maximum atomic E-state index is 12.8. The number of furan rings is 1. The van der Waals surface area contributed by atoms with Crippen LogP contribution in [0, 0.1) is 6.92 Å². The smallest absolute Gasteiger partial charge is 0.253 e. The molecule has 0 bridgehead atoms. The number of benzene rings is 1. The minimum absolute atomic E-state index is 0.104. The van der Waals surface area contributed by atoms with Crippen molar-refractivity contribution in [1.29, 1.82) is 0 Å². The molecule has 1 amide bonds. The molecule has 0 saturated carbocycles. The van der Waals surface area contributed by atoms with Crippen molar-refractivity contribution in [2.45, 2.75) is 25.7 Å². The van der Waals surface area contributed by atoms with E-state index >= 15 is 0 Å². The minimum Gasteiger partial charge on any atom is -0.461 e. The Bertz CT molecular complexity index is 838. The zero-order chi connectivity index (χ0) is 15.8. The standard InChI is InChI=1S/C18H18N2O2S/c1-12-9-15-10-13(4-5-16(15)22-12)18(21)20-7-2-3-14(11-20)17-19-6-8-23-17/h4-6,8-10,14H,2-3,7,11H2,1H3/t14-/m0/s1. The molecule has 0 unspecified atom stereocenters. The van der Waals surface area contributed by atoms with Crippen molar-refractivity contribution in [3.8, 4) is 0 Å². The van der Waals surface area contributed by atoms with Crippen molar-refractivity contribution in [2.24, 2.45) is 0 Å². The van der Waals surface area contributed by atoms with Gasteiger partial charge in [0.2, 0.25) is 0 Å². The molecule has 1 aliphatic rings. The quantitative estimate of drug-likeness (QED) is 0.708. The highest BCUT2D eigenvalue weighted by Gasteiger charge is 2.27. The number of aryl methyl sites for hydroxylation is 1. The summed E-state index contributed by atoms with van der Waals surface area (Å²) in [6.45, 7) is 3.50. The van der Waals surface area contributed by atoms with Crippen LogP contribution in [0.5, 0.6) is 0 Å². The highest BCUT2D eigenvalue weighted by Crippen LogP contribution is 2.29. The Hall–Kier alpha value is -2.14. The van der Waals surface area contributed by atoms with Gasteiger partial charge in [-0.1, -0.05) is 0 Å². The van der Waals surface area contributed by atoms with Gasteiger partial charge in [0.25, 0.3) is 5.91 Å². The Morgan fingerprint density at radius 2 is 2.30 bits per heavy atom. The van der Waals surface area contributed by atoms with Gasteiger partial charge in [-0.3, -0.25) is 4.79 Å². The molecular weight excluding hydrogens is 308 g/mol. The number of thiazole rings is 1. The van der Waals surface area contributed by atoms with Crippen molar-refractivity contribution in [3.63, 3.8) is 0 Å². The number of hydrogen-bond acceptors (Lipinski definition) is 4. The van der Waals surface area contributed by atoms with E-state index in [2.05, 4.69) is 4.98 Å². The zero-order valence-electron chi connectivity index (χ0n) is 13.0. The fourth-order valence-electron chi connectivity index (χ4n) is 3.29. The largest absolute Gasteiger partial charge is 0.461 e. The van der Waals surface area contributed by atoms with Gasteiger partial charge in [-0.25, -0.2) is 4.98 Å². The average molecular weight is 326 g/mol. The number of piperidine rings is 1. The summed E-state index contributed by atoms with van der Waals surface area (Å²) in [5.74, 6) is 1.34. The topological polar surface area (TPSA) is 46.3 Å². The van der Waals surface area contributed by atoms with Gasteiger partial charge >= 0.3 is 0 Å². The van der Waals surface area contributed by atoms with Crippen LogP contribution in [0.15, 0.2) is 40.3 Å². The van der Waals surface area contributed by atoms with Gasteiger partial charge in [0.05, 0.1) is 5.01 Å². The van der Waals surface area contributed by atoms with E-state index in [4.69, 9.17) is 4.42 Å². The van der Waals surface area contributed by atoms with Crippen molar-refractivity contribution in [2.75, 3.05) is 13.1 Å². The van der Waals surface area contributed by atoms with Crippen LogP contribution in [0.1, 0.15) is 39.9 Å². The molecule has 1 saturated heterocycles. The lowest BCUT2D eigenvalue weighted by molar-refractivity contribution is 0.0707. The highest BCUT2D eigenvalue weighted by molar-refractivity contribution is 7.09. The molecule has 3 heterocycles. The number of hydrogen-bond donors (Lipinski definition) is 0. The van der Waals surface area contributed by atoms with Crippen LogP contribution in [0.4, 0.5) is 0 Å². The summed E-state index contributed by atoms with van der Waals surface area (Å²) in [7, 11) is 0. The fourth-order valence-corrected chi connectivity index (χ4v) is 4.06. The predicted octanol–water partition coefficient (Wildman–Crippen LogP) is 4.22. The molecule has 4 nitrogen and oxygen atoms in total. The third-order valence-corrected chi connectivity index (χ3v) is 5.33. The molecule has 1 aromatic carbocycles. The first-order valence-corrected chi connectivity index (χ1v) is 8.77. The molecule has 1 fully saturated rings. The number of aromatic nitrogens is 1. The Labute approximate surface area is 138 Å². The van der Waals surface area contributed by atoms with Crippen LogP contribution >= 0.6 is 11.3 Å². The van der Waals surface area contributed by atoms with Crippen molar-refractivity contribution < 1.29 is 9.21 Å². The van der Waals surface area contributed by atoms with Crippen LogP contribution in [0.2, 0.25) is 0 Å². The summed E-state index contributed by atoms with van der Waals surface area (Å²) >= 11 is 1.68. The maximum Gasteiger partial charge on any atom is 0.253 e. The van der Waals surface area contributed by atoms with Crippen LogP contribution in [0.3, 0.4) is 0 Å². The summed E-state index contributed by atoms with van der Waals surface area (Å²) in [6, 6.07) is 7.65. The number of rotatable bonds is 2. The Kier molecular flexibility index (Phi) is 3.65. The maximum absolute atomic E-state index is 12.8. The summed E-state index contributed by atoms with van der Waals surface area (Å²) in [5.41, 5.74) is 1.57. The van der Waals surface area contributed by atoms with Crippen LogP contribution in [-0.2, 0) is 0 Å². The monoisotopic (exact) mass is 326 g/mol. The van der Waals surface area contributed by atoms with Gasteiger partial charge in [-0.15, -0.1) is 11.3 Å². The van der Waals surface area contributed by atoms with Crippen molar-refractivity contribution in [3.05, 3.63) is 52.2 Å². The van der Waals surface area contributed by atoms with Crippen LogP contribution < -0.4 is 0 Å². The second-order valence-electron chi connectivity index (χ2n) is 6.07. The van der Waals surface area contributed by atoms with E-state index in [-0.39, 0.29) is 5.91 Å². The average Bonchev–Trinajstić information content (AvgIpc) is 3.22. The van der Waals surface area contributed by atoms with E-state index in [1.54, 1.807) is 11.3 Å². The molecule has 0 N–H and O–H groups in total. The molecule has 0 aliphatic carbocycles. The molecule has 1 aliphatic heterocycles. The van der Waals surface area contributed by atoms with Gasteiger partial charge in [0.1, 0.15) is 11.3 Å². The summed E-state index contributed by atoms with van der Waals surface area (Å²) < 4.78 is 5.58. The van der Waals surface area contributed by atoms with E-state index in [0.29, 0.717) is 5.92 Å². The third kappa shape index (κ3) is 2.77. The number of nitrogens with zero attached hydrogens (tertiary/aromatic N) is 2. The van der Waals surface area contributed by atoms with Gasteiger partial charge in [0, 0.05) is 41.5 Å². The SMILES string of the molecule is Cc1cc2cc(C(=O)N3CCC[C@H](c4nccs4)C3)ccc2o1. The molecule has 5 heteroatoms. The van der Waals surface area contributed by atoms with E-state index in [9.17, 15) is 4.79 Å². The number of carbonyl (C=O) groups excluding carboxylic acids is 1. The molecule has 0 spiro atoms. The Morgan fingerprint density at radius 1 is 1.39 bits per heavy atom. The molecule has 4 rings (SSSR count). The molecule has 1 atom stereocenters. The molecule has 2 aromatic heterocycles. The lowest BCUT2D eigenvalue weighted by Gasteiger charge is -2.32. The highest BCUT2D eigenvalue weighted by atomic mass is 32.1. The summed E-state index contributed by atoms with van der Waals surface area (Å²) in [6.07, 6.45) is 3.98. The van der Waals surface area contributed by atoms with E-state index in [1.165, 1.54) is 0 Å². The molecule has 0 radical (unpaired) electrons. The molecule has 118 valence electrons. The Balaban J connectivity index is 1.57. The second-order valence-corrected chi connectivity index (χ2v) is 7.00. The van der Waals surface area contributed by atoms with E-state index in [0.717, 1.165) is 53.2 Å². The normalized spacial score (nSPS) is 18.5. The Morgan fingerprint density at radius 3 is 3.13 bits per heavy atom. The first-order valence-electron chi connectivity index (χ1n) is 7.89. The number of amides is 1. The van der Waals surface area contributed by atoms with E-state index < -0.39 is 0 Å². The summed E-state index contributed by atoms with van der Waals surface area (Å²) in [4.78, 5) is 19.2. The fraction of sp³-hybridized carbons (Fsp3) is 0.333. The predicted molar refractivity (Wildman–Crippen MR) is 90.9 cm³/mol. The van der Waals surface area contributed by atoms with Crippen LogP contribution in [-0.4, -0.2) is 28.9 Å². The first kappa shape index (κ1) is 14.5.